The number of hydrogen-bond donors (Lipinski definition) is 1. The molecule has 1 fully saturated rings. The van der Waals surface area contributed by atoms with Crippen molar-refractivity contribution in [3.05, 3.63) is 101 Å². The summed E-state index contributed by atoms with van der Waals surface area (Å²) in [5.41, 5.74) is 3.48. The number of ketones is 1. The van der Waals surface area contributed by atoms with Crippen LogP contribution in [0.25, 0.3) is 5.76 Å². The summed E-state index contributed by atoms with van der Waals surface area (Å²) in [6.07, 6.45) is 0. The van der Waals surface area contributed by atoms with E-state index in [2.05, 4.69) is 24.8 Å². The highest BCUT2D eigenvalue weighted by Gasteiger charge is 2.46. The highest BCUT2D eigenvalue weighted by atomic mass is 16.5. The first-order valence-electron chi connectivity index (χ1n) is 13.3. The fourth-order valence-electron chi connectivity index (χ4n) is 4.87. The number of Topliss-reactive ketones (excluding diaryl/α,β-unsaturated/α-hetero) is 1. The predicted octanol–water partition coefficient (Wildman–Crippen LogP) is 5.35. The lowest BCUT2D eigenvalue weighted by atomic mass is 9.95. The smallest absolute Gasteiger partial charge is 0.295 e. The second-order valence-corrected chi connectivity index (χ2v) is 9.59. The van der Waals surface area contributed by atoms with Crippen LogP contribution in [0.5, 0.6) is 11.5 Å². The summed E-state index contributed by atoms with van der Waals surface area (Å²) in [6, 6.07) is 21.6. The number of carbonyl (C=O) groups excluding carboxylic acids is 2. The second kappa shape index (κ2) is 12.6. The lowest BCUT2D eigenvalue weighted by molar-refractivity contribution is -0.140. The Balaban J connectivity index is 1.64. The van der Waals surface area contributed by atoms with E-state index in [0.717, 1.165) is 29.8 Å². The molecule has 0 bridgehead atoms. The van der Waals surface area contributed by atoms with Crippen LogP contribution < -0.4 is 9.47 Å². The number of likely N-dealkylation sites (N-methyl/N-ethyl adjacent to an activating group) is 1. The zero-order chi connectivity index (χ0) is 27.9. The summed E-state index contributed by atoms with van der Waals surface area (Å²) in [6.45, 7) is 9.25. The maximum atomic E-state index is 13.3. The van der Waals surface area contributed by atoms with Crippen molar-refractivity contribution in [2.24, 2.45) is 0 Å². The molecule has 1 amide bonds. The average molecular weight is 529 g/mol. The van der Waals surface area contributed by atoms with Gasteiger partial charge in [0.05, 0.1) is 18.7 Å². The summed E-state index contributed by atoms with van der Waals surface area (Å²) in [5, 5.41) is 11.4. The number of amides is 1. The number of methoxy groups -OCH3 is 1. The first kappa shape index (κ1) is 27.9. The minimum Gasteiger partial charge on any atom is -0.507 e. The van der Waals surface area contributed by atoms with Gasteiger partial charge in [0.15, 0.2) is 0 Å². The Morgan fingerprint density at radius 1 is 0.949 bits per heavy atom. The average Bonchev–Trinajstić information content (AvgIpc) is 3.21. The minimum absolute atomic E-state index is 0.0816. The molecule has 1 N–H and O–H groups in total. The number of aliphatic hydroxyl groups is 1. The number of hydrogen-bond acceptors (Lipinski definition) is 6. The predicted molar refractivity (Wildman–Crippen MR) is 152 cm³/mol. The third-order valence-electron chi connectivity index (χ3n) is 7.14. The summed E-state index contributed by atoms with van der Waals surface area (Å²) in [4.78, 5) is 30.3. The van der Waals surface area contributed by atoms with E-state index in [-0.39, 0.29) is 11.3 Å². The van der Waals surface area contributed by atoms with E-state index < -0.39 is 17.7 Å². The van der Waals surface area contributed by atoms with Gasteiger partial charge < -0.3 is 24.4 Å². The molecule has 1 saturated heterocycles. The molecule has 0 radical (unpaired) electrons. The third kappa shape index (κ3) is 6.32. The molecule has 1 aliphatic rings. The van der Waals surface area contributed by atoms with Crippen LogP contribution in [0.3, 0.4) is 0 Å². The van der Waals surface area contributed by atoms with Gasteiger partial charge in [0.1, 0.15) is 23.9 Å². The van der Waals surface area contributed by atoms with Crippen LogP contribution in [0.4, 0.5) is 0 Å². The van der Waals surface area contributed by atoms with E-state index in [9.17, 15) is 14.7 Å². The topological polar surface area (TPSA) is 79.3 Å². The van der Waals surface area contributed by atoms with Crippen molar-refractivity contribution in [3.63, 3.8) is 0 Å². The van der Waals surface area contributed by atoms with Crippen molar-refractivity contribution < 1.29 is 24.2 Å². The highest BCUT2D eigenvalue weighted by Crippen LogP contribution is 2.40. The van der Waals surface area contributed by atoms with Crippen molar-refractivity contribution in [1.29, 1.82) is 0 Å². The van der Waals surface area contributed by atoms with Crippen LogP contribution in [-0.4, -0.2) is 59.9 Å². The van der Waals surface area contributed by atoms with Crippen LogP contribution in [0.15, 0.2) is 78.4 Å². The molecule has 3 aromatic rings. The van der Waals surface area contributed by atoms with Crippen molar-refractivity contribution in [1.82, 2.24) is 9.80 Å². The number of nitrogens with zero attached hydrogens (tertiary/aromatic N) is 2. The van der Waals surface area contributed by atoms with Crippen molar-refractivity contribution in [2.45, 2.75) is 33.4 Å². The number of likely N-dealkylation sites (tertiary alicyclic amines) is 1. The molecule has 1 heterocycles. The summed E-state index contributed by atoms with van der Waals surface area (Å²) < 4.78 is 11.2. The van der Waals surface area contributed by atoms with E-state index in [4.69, 9.17) is 9.47 Å². The molecular formula is C32H36N2O5. The fraction of sp³-hybridized carbons (Fsp3) is 0.312. The van der Waals surface area contributed by atoms with E-state index in [1.54, 1.807) is 48.4 Å². The Morgan fingerprint density at radius 3 is 2.23 bits per heavy atom. The second-order valence-electron chi connectivity index (χ2n) is 9.59. The zero-order valence-corrected chi connectivity index (χ0v) is 23.0. The van der Waals surface area contributed by atoms with Gasteiger partial charge in [0, 0.05) is 18.7 Å². The molecule has 4 rings (SSSR count). The number of carbonyl (C=O) groups is 2. The molecule has 0 aliphatic carbocycles. The zero-order valence-electron chi connectivity index (χ0n) is 23.0. The summed E-state index contributed by atoms with van der Waals surface area (Å²) in [7, 11) is 1.58. The molecular weight excluding hydrogens is 492 g/mol. The number of aliphatic hydroxyl groups excluding tert-OH is 1. The van der Waals surface area contributed by atoms with Crippen LogP contribution in [0.1, 0.15) is 42.1 Å². The van der Waals surface area contributed by atoms with Crippen molar-refractivity contribution >= 4 is 17.4 Å². The molecule has 7 heteroatoms. The quantitative estimate of drug-likeness (QED) is 0.205. The van der Waals surface area contributed by atoms with Gasteiger partial charge in [-0.2, -0.15) is 0 Å². The molecule has 1 atom stereocenters. The molecule has 3 aromatic carbocycles. The summed E-state index contributed by atoms with van der Waals surface area (Å²) >= 11 is 0. The fourth-order valence-corrected chi connectivity index (χ4v) is 4.87. The third-order valence-corrected chi connectivity index (χ3v) is 7.14. The molecule has 1 aliphatic heterocycles. The molecule has 0 saturated carbocycles. The van der Waals surface area contributed by atoms with Gasteiger partial charge in [0.25, 0.3) is 11.7 Å². The lowest BCUT2D eigenvalue weighted by Gasteiger charge is -2.28. The van der Waals surface area contributed by atoms with E-state index >= 15 is 0 Å². The minimum atomic E-state index is -0.705. The molecule has 39 heavy (non-hydrogen) atoms. The Morgan fingerprint density at radius 2 is 1.62 bits per heavy atom. The molecule has 0 unspecified atom stereocenters. The van der Waals surface area contributed by atoms with Gasteiger partial charge in [-0.15, -0.1) is 0 Å². The number of aryl methyl sites for hydroxylation is 1. The monoisotopic (exact) mass is 528 g/mol. The van der Waals surface area contributed by atoms with Gasteiger partial charge in [-0.25, -0.2) is 0 Å². The van der Waals surface area contributed by atoms with Gasteiger partial charge in [-0.3, -0.25) is 9.59 Å². The Bertz CT molecular complexity index is 1330. The molecule has 0 spiro atoms. The summed E-state index contributed by atoms with van der Waals surface area (Å²) in [5.74, 6) is -0.195. The largest absolute Gasteiger partial charge is 0.507 e. The van der Waals surface area contributed by atoms with E-state index in [1.807, 2.05) is 37.3 Å². The van der Waals surface area contributed by atoms with Gasteiger partial charge in [0.2, 0.25) is 0 Å². The van der Waals surface area contributed by atoms with Crippen LogP contribution >= 0.6 is 0 Å². The number of rotatable bonds is 11. The maximum Gasteiger partial charge on any atom is 0.295 e. The molecule has 0 aromatic heterocycles. The van der Waals surface area contributed by atoms with Crippen LogP contribution in [0, 0.1) is 6.92 Å². The van der Waals surface area contributed by atoms with Crippen molar-refractivity contribution in [2.75, 3.05) is 33.3 Å². The standard InChI is InChI=1S/C32H36N2O5/c1-5-33(6-2)18-19-34-29(24-10-14-26(38-4)15-11-24)28(31(36)32(34)37)30(35)25-12-16-27(17-13-25)39-21-23-9-7-8-22(3)20-23/h7-17,20,29,35H,5-6,18-19,21H2,1-4H3/b30-28+/t29-/m0/s1. The van der Waals surface area contributed by atoms with E-state index in [0.29, 0.717) is 36.8 Å². The lowest BCUT2D eigenvalue weighted by Crippen LogP contribution is -2.38. The Labute approximate surface area is 230 Å². The molecule has 7 nitrogen and oxygen atoms in total. The number of benzene rings is 3. The Kier molecular flexibility index (Phi) is 9.04. The highest BCUT2D eigenvalue weighted by molar-refractivity contribution is 6.46. The van der Waals surface area contributed by atoms with Crippen molar-refractivity contribution in [3.8, 4) is 11.5 Å². The first-order valence-corrected chi connectivity index (χ1v) is 13.3. The van der Waals surface area contributed by atoms with E-state index in [1.165, 1.54) is 0 Å². The SMILES string of the molecule is CCN(CC)CCN1C(=O)C(=O)/C(=C(/O)c2ccc(OCc3cccc(C)c3)cc2)[C@@H]1c1ccc(OC)cc1. The van der Waals surface area contributed by atoms with Gasteiger partial charge >= 0.3 is 0 Å². The van der Waals surface area contributed by atoms with Crippen LogP contribution in [-0.2, 0) is 16.2 Å². The normalized spacial score (nSPS) is 16.6. The van der Waals surface area contributed by atoms with Crippen LogP contribution in [0.2, 0.25) is 0 Å². The van der Waals surface area contributed by atoms with Gasteiger partial charge in [-0.05, 0) is 67.5 Å². The first-order chi connectivity index (χ1) is 18.9. The Hall–Kier alpha value is -4.10. The molecule has 204 valence electrons. The number of ether oxygens (including phenoxy) is 2. The van der Waals surface area contributed by atoms with Gasteiger partial charge in [-0.1, -0.05) is 55.8 Å². The maximum absolute atomic E-state index is 13.3.